The quantitative estimate of drug-likeness (QED) is 0.691. The van der Waals surface area contributed by atoms with Crippen LogP contribution in [0.1, 0.15) is 36.5 Å². The second kappa shape index (κ2) is 9.00. The molecular weight excluding hydrogens is 330 g/mol. The van der Waals surface area contributed by atoms with Crippen molar-refractivity contribution in [3.05, 3.63) is 23.8 Å². The molecule has 0 fully saturated rings. The zero-order valence-electron chi connectivity index (χ0n) is 14.7. The largest absolute Gasteiger partial charge is 0.495 e. The lowest BCUT2D eigenvalue weighted by Crippen LogP contribution is -2.40. The number of nitrogens with two attached hydrogens (primary N) is 1. The van der Waals surface area contributed by atoms with Crippen molar-refractivity contribution in [2.45, 2.75) is 37.1 Å². The van der Waals surface area contributed by atoms with Crippen molar-refractivity contribution in [1.82, 2.24) is 9.62 Å². The minimum atomic E-state index is -3.72. The first-order valence-electron chi connectivity index (χ1n) is 7.89. The number of rotatable bonds is 9. The molecule has 7 nitrogen and oxygen atoms in total. The van der Waals surface area contributed by atoms with Gasteiger partial charge in [0.25, 0.3) is 5.91 Å². The van der Waals surface area contributed by atoms with E-state index in [-0.39, 0.29) is 28.2 Å². The number of sulfonamides is 1. The highest BCUT2D eigenvalue weighted by Crippen LogP contribution is 2.26. The molecule has 0 aliphatic rings. The van der Waals surface area contributed by atoms with Gasteiger partial charge in [0.2, 0.25) is 10.0 Å². The van der Waals surface area contributed by atoms with Crippen molar-refractivity contribution in [1.29, 1.82) is 0 Å². The van der Waals surface area contributed by atoms with Crippen LogP contribution in [0.25, 0.3) is 0 Å². The molecule has 3 N–H and O–H groups in total. The molecule has 0 aromatic heterocycles. The molecule has 1 aromatic carbocycles. The average molecular weight is 357 g/mol. The van der Waals surface area contributed by atoms with Crippen LogP contribution in [0.5, 0.6) is 5.75 Å². The number of benzene rings is 1. The Labute approximate surface area is 144 Å². The summed E-state index contributed by atoms with van der Waals surface area (Å²) in [5, 5.41) is 2.85. The van der Waals surface area contributed by atoms with E-state index in [0.29, 0.717) is 6.54 Å². The highest BCUT2D eigenvalue weighted by atomic mass is 32.2. The lowest BCUT2D eigenvalue weighted by atomic mass is 10.1. The van der Waals surface area contributed by atoms with Gasteiger partial charge in [0.05, 0.1) is 7.11 Å². The van der Waals surface area contributed by atoms with Gasteiger partial charge >= 0.3 is 0 Å². The second-order valence-corrected chi connectivity index (χ2v) is 7.82. The standard InChI is InChI=1S/C16H27N3O4S/c1-5-6-7-13(11-17)18-16(20)12-8-9-14(23-4)15(10-12)24(21,22)19(2)3/h8-10,13H,5-7,11,17H2,1-4H3,(H,18,20). The first kappa shape index (κ1) is 20.4. The Hall–Kier alpha value is -1.64. The van der Waals surface area contributed by atoms with Crippen LogP contribution in [0, 0.1) is 0 Å². The number of carbonyl (C=O) groups excluding carboxylic acids is 1. The monoisotopic (exact) mass is 357 g/mol. The van der Waals surface area contributed by atoms with E-state index in [9.17, 15) is 13.2 Å². The van der Waals surface area contributed by atoms with Gasteiger partial charge in [-0.15, -0.1) is 0 Å². The molecule has 0 heterocycles. The van der Waals surface area contributed by atoms with Gasteiger partial charge in [0.15, 0.2) is 0 Å². The Morgan fingerprint density at radius 1 is 1.38 bits per heavy atom. The van der Waals surface area contributed by atoms with E-state index < -0.39 is 10.0 Å². The van der Waals surface area contributed by atoms with Crippen LogP contribution in [-0.2, 0) is 10.0 Å². The number of hydrogen-bond acceptors (Lipinski definition) is 5. The lowest BCUT2D eigenvalue weighted by molar-refractivity contribution is 0.0935. The summed E-state index contributed by atoms with van der Waals surface area (Å²) in [5.74, 6) is -0.152. The lowest BCUT2D eigenvalue weighted by Gasteiger charge is -2.18. The number of ether oxygens (including phenoxy) is 1. The van der Waals surface area contributed by atoms with E-state index in [0.717, 1.165) is 23.6 Å². The van der Waals surface area contributed by atoms with Crippen molar-refractivity contribution < 1.29 is 17.9 Å². The molecule has 0 saturated carbocycles. The van der Waals surface area contributed by atoms with Crippen LogP contribution >= 0.6 is 0 Å². The zero-order chi connectivity index (χ0) is 18.3. The average Bonchev–Trinajstić information content (AvgIpc) is 2.57. The van der Waals surface area contributed by atoms with Crippen molar-refractivity contribution in [3.63, 3.8) is 0 Å². The number of carbonyl (C=O) groups is 1. The summed E-state index contributed by atoms with van der Waals surface area (Å²) in [5.41, 5.74) is 5.94. The van der Waals surface area contributed by atoms with E-state index in [1.165, 1.54) is 39.4 Å². The van der Waals surface area contributed by atoms with Crippen LogP contribution < -0.4 is 15.8 Å². The predicted octanol–water partition coefficient (Wildman–Crippen LogP) is 1.19. The fourth-order valence-electron chi connectivity index (χ4n) is 2.18. The Bertz CT molecular complexity index is 659. The number of nitrogens with zero attached hydrogens (tertiary/aromatic N) is 1. The summed E-state index contributed by atoms with van der Waals surface area (Å²) >= 11 is 0. The van der Waals surface area contributed by atoms with E-state index in [1.54, 1.807) is 0 Å². The Morgan fingerprint density at radius 3 is 2.54 bits per heavy atom. The van der Waals surface area contributed by atoms with Crippen molar-refractivity contribution in [2.75, 3.05) is 27.7 Å². The smallest absolute Gasteiger partial charge is 0.251 e. The van der Waals surface area contributed by atoms with Crippen molar-refractivity contribution >= 4 is 15.9 Å². The molecule has 0 aliphatic carbocycles. The molecule has 0 aliphatic heterocycles. The van der Waals surface area contributed by atoms with Gasteiger partial charge in [-0.25, -0.2) is 12.7 Å². The summed E-state index contributed by atoms with van der Waals surface area (Å²) < 4.78 is 31.0. The summed E-state index contributed by atoms with van der Waals surface area (Å²) in [4.78, 5) is 12.4. The molecule has 1 atom stereocenters. The minimum Gasteiger partial charge on any atom is -0.495 e. The molecular formula is C16H27N3O4S. The van der Waals surface area contributed by atoms with E-state index in [4.69, 9.17) is 10.5 Å². The second-order valence-electron chi connectivity index (χ2n) is 5.70. The number of hydrogen-bond donors (Lipinski definition) is 2. The van der Waals surface area contributed by atoms with E-state index in [1.807, 2.05) is 0 Å². The van der Waals surface area contributed by atoms with Gasteiger partial charge in [0, 0.05) is 32.2 Å². The van der Waals surface area contributed by atoms with E-state index in [2.05, 4.69) is 12.2 Å². The number of unbranched alkanes of at least 4 members (excludes halogenated alkanes) is 1. The molecule has 1 amide bonds. The van der Waals surface area contributed by atoms with Crippen molar-refractivity contribution in [2.24, 2.45) is 5.73 Å². The minimum absolute atomic E-state index is 0.0412. The maximum Gasteiger partial charge on any atom is 0.251 e. The van der Waals surface area contributed by atoms with Gasteiger partial charge in [0.1, 0.15) is 10.6 Å². The molecule has 24 heavy (non-hydrogen) atoms. The maximum atomic E-state index is 12.4. The molecule has 1 rings (SSSR count). The number of amides is 1. The van der Waals surface area contributed by atoms with Crippen LogP contribution in [0.15, 0.2) is 23.1 Å². The first-order valence-corrected chi connectivity index (χ1v) is 9.33. The Morgan fingerprint density at radius 2 is 2.04 bits per heavy atom. The van der Waals surface area contributed by atoms with Crippen molar-refractivity contribution in [3.8, 4) is 5.75 Å². The third-order valence-electron chi connectivity index (χ3n) is 3.71. The molecule has 1 aromatic rings. The highest BCUT2D eigenvalue weighted by molar-refractivity contribution is 7.89. The summed E-state index contributed by atoms with van der Waals surface area (Å²) in [6, 6.07) is 4.22. The first-order chi connectivity index (χ1) is 11.3. The van der Waals surface area contributed by atoms with Gasteiger partial charge in [-0.05, 0) is 24.6 Å². The Balaban J connectivity index is 3.11. The topological polar surface area (TPSA) is 102 Å². The number of methoxy groups -OCH3 is 1. The highest BCUT2D eigenvalue weighted by Gasteiger charge is 2.24. The van der Waals surface area contributed by atoms with Gasteiger partial charge in [-0.1, -0.05) is 19.8 Å². The predicted molar refractivity (Wildman–Crippen MR) is 93.7 cm³/mol. The summed E-state index contributed by atoms with van der Waals surface area (Å²) in [7, 11) is 0.522. The normalized spacial score (nSPS) is 12.9. The van der Waals surface area contributed by atoms with E-state index >= 15 is 0 Å². The number of nitrogens with one attached hydrogen (secondary N) is 1. The van der Waals surface area contributed by atoms with Crippen LogP contribution in [0.2, 0.25) is 0 Å². The molecule has 0 saturated heterocycles. The third kappa shape index (κ3) is 4.93. The fraction of sp³-hybridized carbons (Fsp3) is 0.562. The maximum absolute atomic E-state index is 12.4. The van der Waals surface area contributed by atoms with Gasteiger partial charge in [-0.2, -0.15) is 0 Å². The summed E-state index contributed by atoms with van der Waals surface area (Å²) in [6.45, 7) is 2.40. The molecule has 8 heteroatoms. The van der Waals surface area contributed by atoms with Crippen LogP contribution in [-0.4, -0.2) is 52.4 Å². The van der Waals surface area contributed by atoms with Crippen LogP contribution in [0.3, 0.4) is 0 Å². The zero-order valence-corrected chi connectivity index (χ0v) is 15.5. The van der Waals surface area contributed by atoms with Crippen LogP contribution in [0.4, 0.5) is 0 Å². The Kier molecular flexibility index (Phi) is 7.65. The van der Waals surface area contributed by atoms with Gasteiger partial charge < -0.3 is 15.8 Å². The summed E-state index contributed by atoms with van der Waals surface area (Å²) in [6.07, 6.45) is 2.77. The molecule has 1 unspecified atom stereocenters. The molecule has 136 valence electrons. The van der Waals surface area contributed by atoms with Gasteiger partial charge in [-0.3, -0.25) is 4.79 Å². The third-order valence-corrected chi connectivity index (χ3v) is 5.55. The molecule has 0 radical (unpaired) electrons. The molecule has 0 spiro atoms. The molecule has 0 bridgehead atoms. The SMILES string of the molecule is CCCCC(CN)NC(=O)c1ccc(OC)c(S(=O)(=O)N(C)C)c1. The fourth-order valence-corrected chi connectivity index (χ4v) is 3.26.